The van der Waals surface area contributed by atoms with Crippen molar-refractivity contribution in [2.24, 2.45) is 0 Å². The Labute approximate surface area is 127 Å². The van der Waals surface area contributed by atoms with Gasteiger partial charge in [-0.05, 0) is 36.4 Å². The maximum atomic E-state index is 13.1. The van der Waals surface area contributed by atoms with Crippen molar-refractivity contribution < 1.29 is 13.6 Å². The van der Waals surface area contributed by atoms with E-state index in [1.807, 2.05) is 12.1 Å². The molecule has 1 aromatic heterocycles. The third-order valence-electron chi connectivity index (χ3n) is 2.91. The zero-order valence-electron chi connectivity index (χ0n) is 9.99. The topological polar surface area (TPSA) is 30.2 Å². The summed E-state index contributed by atoms with van der Waals surface area (Å²) >= 11 is 9.08. The van der Waals surface area contributed by atoms with Crippen LogP contribution in [0.2, 0.25) is 5.02 Å². The van der Waals surface area contributed by atoms with Gasteiger partial charge < -0.3 is 4.42 Å². The molecule has 0 aliphatic heterocycles. The lowest BCUT2D eigenvalue weighted by atomic mass is 10.1. The summed E-state index contributed by atoms with van der Waals surface area (Å²) < 4.78 is 19.5. The Morgan fingerprint density at radius 1 is 1.20 bits per heavy atom. The summed E-state index contributed by atoms with van der Waals surface area (Å²) in [5.74, 6) is -0.708. The highest BCUT2D eigenvalue weighted by atomic mass is 79.9. The molecule has 100 valence electrons. The first-order valence-corrected chi connectivity index (χ1v) is 6.91. The minimum absolute atomic E-state index is 0.0897. The standard InChI is InChI=1S/C15H7BrClFO2/c16-10-2-1-3-13-9(10)7-14(20-13)15(19)8-4-5-12(18)11(17)6-8/h1-7H. The molecule has 0 aliphatic rings. The van der Waals surface area contributed by atoms with Crippen LogP contribution >= 0.6 is 27.5 Å². The van der Waals surface area contributed by atoms with Crippen LogP contribution in [-0.2, 0) is 0 Å². The van der Waals surface area contributed by atoms with Crippen LogP contribution < -0.4 is 0 Å². The summed E-state index contributed by atoms with van der Waals surface area (Å²) in [5.41, 5.74) is 0.891. The van der Waals surface area contributed by atoms with Crippen LogP contribution in [0.4, 0.5) is 4.39 Å². The quantitative estimate of drug-likeness (QED) is 0.591. The van der Waals surface area contributed by atoms with Gasteiger partial charge in [-0.1, -0.05) is 33.6 Å². The Morgan fingerprint density at radius 3 is 2.70 bits per heavy atom. The Morgan fingerprint density at radius 2 is 2.00 bits per heavy atom. The predicted molar refractivity (Wildman–Crippen MR) is 78.8 cm³/mol. The van der Waals surface area contributed by atoms with E-state index in [0.717, 1.165) is 15.9 Å². The fraction of sp³-hybridized carbons (Fsp3) is 0. The Balaban J connectivity index is 2.08. The molecule has 0 fully saturated rings. The number of carbonyl (C=O) groups excluding carboxylic acids is 1. The molecule has 0 radical (unpaired) electrons. The molecule has 3 rings (SSSR count). The number of hydrogen-bond acceptors (Lipinski definition) is 2. The summed E-state index contributed by atoms with van der Waals surface area (Å²) in [7, 11) is 0. The van der Waals surface area contributed by atoms with Crippen molar-refractivity contribution in [2.45, 2.75) is 0 Å². The van der Waals surface area contributed by atoms with Crippen LogP contribution in [0.1, 0.15) is 16.1 Å². The molecule has 0 atom stereocenters. The fourth-order valence-corrected chi connectivity index (χ4v) is 2.56. The molecule has 0 aliphatic carbocycles. The number of rotatable bonds is 2. The minimum Gasteiger partial charge on any atom is -0.453 e. The highest BCUT2D eigenvalue weighted by Crippen LogP contribution is 2.28. The van der Waals surface area contributed by atoms with Crippen molar-refractivity contribution in [2.75, 3.05) is 0 Å². The lowest BCUT2D eigenvalue weighted by Crippen LogP contribution is -1.99. The highest BCUT2D eigenvalue weighted by Gasteiger charge is 2.16. The van der Waals surface area contributed by atoms with Crippen molar-refractivity contribution in [3.8, 4) is 0 Å². The molecule has 0 spiro atoms. The number of halogens is 3. The van der Waals surface area contributed by atoms with Crippen molar-refractivity contribution in [1.82, 2.24) is 0 Å². The van der Waals surface area contributed by atoms with Gasteiger partial charge in [-0.15, -0.1) is 0 Å². The predicted octanol–water partition coefficient (Wildman–Crippen LogP) is 5.22. The molecule has 2 nitrogen and oxygen atoms in total. The molecular weight excluding hydrogens is 347 g/mol. The first-order chi connectivity index (χ1) is 9.56. The summed E-state index contributed by atoms with van der Waals surface area (Å²) in [5, 5.41) is 0.720. The normalized spacial score (nSPS) is 10.9. The zero-order valence-corrected chi connectivity index (χ0v) is 12.3. The summed E-state index contributed by atoms with van der Waals surface area (Å²) in [4.78, 5) is 12.3. The van der Waals surface area contributed by atoms with Gasteiger partial charge in [0.05, 0.1) is 5.02 Å². The van der Waals surface area contributed by atoms with Crippen LogP contribution in [0.25, 0.3) is 11.0 Å². The molecule has 0 unspecified atom stereocenters. The second kappa shape index (κ2) is 5.04. The molecule has 0 saturated carbocycles. The van der Waals surface area contributed by atoms with Crippen LogP contribution in [0.5, 0.6) is 0 Å². The van der Waals surface area contributed by atoms with Gasteiger partial charge in [-0.3, -0.25) is 4.79 Å². The van der Waals surface area contributed by atoms with Gasteiger partial charge in [-0.2, -0.15) is 0 Å². The first-order valence-electron chi connectivity index (χ1n) is 5.74. The third-order valence-corrected chi connectivity index (χ3v) is 3.89. The number of hydrogen-bond donors (Lipinski definition) is 0. The van der Waals surface area contributed by atoms with Gasteiger partial charge in [-0.25, -0.2) is 4.39 Å². The molecule has 2 aromatic carbocycles. The molecule has 5 heteroatoms. The smallest absolute Gasteiger partial charge is 0.228 e. The van der Waals surface area contributed by atoms with Crippen LogP contribution in [-0.4, -0.2) is 5.78 Å². The van der Waals surface area contributed by atoms with E-state index in [-0.39, 0.29) is 22.1 Å². The molecule has 0 bridgehead atoms. The molecule has 0 saturated heterocycles. The van der Waals surface area contributed by atoms with Gasteiger partial charge in [0, 0.05) is 15.4 Å². The highest BCUT2D eigenvalue weighted by molar-refractivity contribution is 9.10. The largest absolute Gasteiger partial charge is 0.453 e. The zero-order chi connectivity index (χ0) is 14.3. The van der Waals surface area contributed by atoms with Crippen LogP contribution in [0.3, 0.4) is 0 Å². The second-order valence-electron chi connectivity index (χ2n) is 4.22. The van der Waals surface area contributed by atoms with Crippen molar-refractivity contribution in [3.63, 3.8) is 0 Å². The third kappa shape index (κ3) is 2.25. The Kier molecular flexibility index (Phi) is 3.36. The van der Waals surface area contributed by atoms with Gasteiger partial charge in [0.2, 0.25) is 5.78 Å². The van der Waals surface area contributed by atoms with E-state index in [1.165, 1.54) is 12.1 Å². The SMILES string of the molecule is O=C(c1ccc(F)c(Cl)c1)c1cc2c(Br)cccc2o1. The van der Waals surface area contributed by atoms with Crippen molar-refractivity contribution >= 4 is 44.3 Å². The minimum atomic E-state index is -0.560. The number of fused-ring (bicyclic) bond motifs is 1. The van der Waals surface area contributed by atoms with Gasteiger partial charge in [0.1, 0.15) is 11.4 Å². The molecule has 0 N–H and O–H groups in total. The average molecular weight is 354 g/mol. The van der Waals surface area contributed by atoms with Crippen LogP contribution in [0.15, 0.2) is 51.4 Å². The summed E-state index contributed by atoms with van der Waals surface area (Å²) in [6.07, 6.45) is 0. The monoisotopic (exact) mass is 352 g/mol. The van der Waals surface area contributed by atoms with Crippen molar-refractivity contribution in [3.05, 3.63) is 69.1 Å². The van der Waals surface area contributed by atoms with Gasteiger partial charge in [0.25, 0.3) is 0 Å². The molecule has 0 amide bonds. The van der Waals surface area contributed by atoms with E-state index in [9.17, 15) is 9.18 Å². The van der Waals surface area contributed by atoms with Gasteiger partial charge in [0.15, 0.2) is 5.76 Å². The summed E-state index contributed by atoms with van der Waals surface area (Å²) in [6, 6.07) is 10.9. The fourth-order valence-electron chi connectivity index (χ4n) is 1.92. The van der Waals surface area contributed by atoms with E-state index in [0.29, 0.717) is 5.58 Å². The number of furan rings is 1. The molecule has 1 heterocycles. The van der Waals surface area contributed by atoms with Crippen LogP contribution in [0, 0.1) is 5.82 Å². The van der Waals surface area contributed by atoms with E-state index < -0.39 is 5.82 Å². The molecule has 3 aromatic rings. The average Bonchev–Trinajstić information content (AvgIpc) is 2.86. The Hall–Kier alpha value is -1.65. The van der Waals surface area contributed by atoms with E-state index >= 15 is 0 Å². The number of benzene rings is 2. The van der Waals surface area contributed by atoms with E-state index in [2.05, 4.69) is 15.9 Å². The maximum Gasteiger partial charge on any atom is 0.228 e. The number of carbonyl (C=O) groups is 1. The van der Waals surface area contributed by atoms with E-state index in [1.54, 1.807) is 12.1 Å². The lowest BCUT2D eigenvalue weighted by molar-refractivity contribution is 0.101. The molecular formula is C15H7BrClFO2. The first kappa shape index (κ1) is 13.3. The van der Waals surface area contributed by atoms with Gasteiger partial charge >= 0.3 is 0 Å². The Bertz CT molecular complexity index is 826. The summed E-state index contributed by atoms with van der Waals surface area (Å²) in [6.45, 7) is 0. The lowest BCUT2D eigenvalue weighted by Gasteiger charge is -1.99. The maximum absolute atomic E-state index is 13.1. The van der Waals surface area contributed by atoms with Crippen molar-refractivity contribution in [1.29, 1.82) is 0 Å². The number of ketones is 1. The molecule has 20 heavy (non-hydrogen) atoms. The van der Waals surface area contributed by atoms with E-state index in [4.69, 9.17) is 16.0 Å². The second-order valence-corrected chi connectivity index (χ2v) is 5.48.